The van der Waals surface area contributed by atoms with E-state index in [4.69, 9.17) is 5.73 Å². The summed E-state index contributed by atoms with van der Waals surface area (Å²) in [6, 6.07) is 24.5. The average molecular weight is 376 g/mol. The third-order valence-electron chi connectivity index (χ3n) is 3.93. The fourth-order valence-corrected chi connectivity index (χ4v) is 3.00. The molecule has 24 heavy (non-hydrogen) atoms. The van der Waals surface area contributed by atoms with Crippen LogP contribution in [0.25, 0.3) is 33.3 Å². The normalized spacial score (nSPS) is 10.9. The molecular weight excluding hydrogens is 362 g/mol. The summed E-state index contributed by atoms with van der Waals surface area (Å²) in [6.45, 7) is 0. The molecule has 0 radical (unpaired) electrons. The summed E-state index contributed by atoms with van der Waals surface area (Å²) >= 11 is 3.45. The Kier molecular flexibility index (Phi) is 3.75. The molecule has 0 aliphatic carbocycles. The van der Waals surface area contributed by atoms with Crippen LogP contribution in [0.3, 0.4) is 0 Å². The van der Waals surface area contributed by atoms with Gasteiger partial charge in [0, 0.05) is 15.6 Å². The maximum absolute atomic E-state index is 5.95. The molecule has 4 heteroatoms. The Morgan fingerprint density at radius 1 is 0.667 bits per heavy atom. The number of fused-ring (bicyclic) bond motifs is 1. The zero-order valence-electron chi connectivity index (χ0n) is 12.8. The molecule has 0 atom stereocenters. The van der Waals surface area contributed by atoms with Gasteiger partial charge in [-0.25, -0.2) is 9.97 Å². The summed E-state index contributed by atoms with van der Waals surface area (Å²) in [5.41, 5.74) is 9.63. The molecule has 0 bridgehead atoms. The zero-order valence-corrected chi connectivity index (χ0v) is 14.4. The first-order valence-corrected chi connectivity index (χ1v) is 8.38. The van der Waals surface area contributed by atoms with Crippen molar-refractivity contribution >= 4 is 32.7 Å². The highest BCUT2D eigenvalue weighted by Gasteiger charge is 2.08. The summed E-state index contributed by atoms with van der Waals surface area (Å²) in [5.74, 6) is 0.276. The molecule has 0 amide bonds. The van der Waals surface area contributed by atoms with Crippen LogP contribution in [0.1, 0.15) is 0 Å². The van der Waals surface area contributed by atoms with E-state index in [2.05, 4.69) is 56.2 Å². The number of nitrogens with two attached hydrogens (primary N) is 1. The minimum Gasteiger partial charge on any atom is -0.368 e. The zero-order chi connectivity index (χ0) is 16.5. The molecule has 4 rings (SSSR count). The summed E-state index contributed by atoms with van der Waals surface area (Å²) in [5, 5.41) is 2.38. The second-order valence-corrected chi connectivity index (χ2v) is 6.48. The molecule has 1 heterocycles. The largest absolute Gasteiger partial charge is 0.368 e. The Balaban J connectivity index is 1.83. The maximum Gasteiger partial charge on any atom is 0.221 e. The Bertz CT molecular complexity index is 1030. The number of rotatable bonds is 2. The van der Waals surface area contributed by atoms with Crippen molar-refractivity contribution in [3.63, 3.8) is 0 Å². The standard InChI is InChI=1S/C20H14BrN3/c21-17-9-7-14(8-10-17)18-12-19(24-20(22)23-18)16-6-5-13-3-1-2-4-15(13)11-16/h1-12H,(H2,22,23,24). The Hall–Kier alpha value is -2.72. The molecule has 0 aliphatic heterocycles. The molecule has 3 aromatic carbocycles. The fourth-order valence-electron chi connectivity index (χ4n) is 2.73. The van der Waals surface area contributed by atoms with Gasteiger partial charge in [0.25, 0.3) is 0 Å². The van der Waals surface area contributed by atoms with E-state index in [1.54, 1.807) is 0 Å². The predicted molar refractivity (Wildman–Crippen MR) is 103 cm³/mol. The highest BCUT2D eigenvalue weighted by atomic mass is 79.9. The lowest BCUT2D eigenvalue weighted by atomic mass is 10.0. The Labute approximate surface area is 148 Å². The lowest BCUT2D eigenvalue weighted by molar-refractivity contribution is 1.19. The Morgan fingerprint density at radius 3 is 2.04 bits per heavy atom. The highest BCUT2D eigenvalue weighted by molar-refractivity contribution is 9.10. The summed E-state index contributed by atoms with van der Waals surface area (Å²) < 4.78 is 1.03. The molecule has 0 fully saturated rings. The number of anilines is 1. The number of halogens is 1. The van der Waals surface area contributed by atoms with Crippen LogP contribution in [0.5, 0.6) is 0 Å². The van der Waals surface area contributed by atoms with Gasteiger partial charge in [0.2, 0.25) is 5.95 Å². The molecular formula is C20H14BrN3. The van der Waals surface area contributed by atoms with Crippen molar-refractivity contribution in [2.24, 2.45) is 0 Å². The molecule has 0 unspecified atom stereocenters. The van der Waals surface area contributed by atoms with Crippen LogP contribution < -0.4 is 5.73 Å². The van der Waals surface area contributed by atoms with Crippen molar-refractivity contribution < 1.29 is 0 Å². The average Bonchev–Trinajstić information content (AvgIpc) is 2.61. The molecule has 1 aromatic heterocycles. The molecule has 116 valence electrons. The van der Waals surface area contributed by atoms with Gasteiger partial charge in [0.15, 0.2) is 0 Å². The van der Waals surface area contributed by atoms with Crippen molar-refractivity contribution in [1.29, 1.82) is 0 Å². The van der Waals surface area contributed by atoms with Crippen LogP contribution in [0.15, 0.2) is 77.3 Å². The predicted octanol–water partition coefficient (Wildman–Crippen LogP) is 5.31. The van der Waals surface area contributed by atoms with Crippen LogP contribution in [0.2, 0.25) is 0 Å². The van der Waals surface area contributed by atoms with E-state index in [-0.39, 0.29) is 5.95 Å². The minimum absolute atomic E-state index is 0.276. The number of nitrogens with zero attached hydrogens (tertiary/aromatic N) is 2. The van der Waals surface area contributed by atoms with Gasteiger partial charge in [0.1, 0.15) is 0 Å². The van der Waals surface area contributed by atoms with Gasteiger partial charge < -0.3 is 5.73 Å². The van der Waals surface area contributed by atoms with Crippen LogP contribution in [-0.2, 0) is 0 Å². The topological polar surface area (TPSA) is 51.8 Å². The highest BCUT2D eigenvalue weighted by Crippen LogP contribution is 2.27. The van der Waals surface area contributed by atoms with Crippen molar-refractivity contribution in [3.05, 3.63) is 77.3 Å². The molecule has 0 saturated heterocycles. The molecule has 0 spiro atoms. The first kappa shape index (κ1) is 14.8. The second kappa shape index (κ2) is 6.06. The van der Waals surface area contributed by atoms with E-state index in [0.717, 1.165) is 27.0 Å². The van der Waals surface area contributed by atoms with Crippen LogP contribution >= 0.6 is 15.9 Å². The molecule has 4 aromatic rings. The van der Waals surface area contributed by atoms with E-state index in [1.165, 1.54) is 10.8 Å². The van der Waals surface area contributed by atoms with Gasteiger partial charge in [-0.1, -0.05) is 64.5 Å². The van der Waals surface area contributed by atoms with E-state index < -0.39 is 0 Å². The van der Waals surface area contributed by atoms with Gasteiger partial charge in [-0.2, -0.15) is 0 Å². The monoisotopic (exact) mass is 375 g/mol. The van der Waals surface area contributed by atoms with Crippen molar-refractivity contribution in [1.82, 2.24) is 9.97 Å². The first-order chi connectivity index (χ1) is 11.7. The van der Waals surface area contributed by atoms with E-state index >= 15 is 0 Å². The molecule has 2 N–H and O–H groups in total. The first-order valence-electron chi connectivity index (χ1n) is 7.59. The number of nitrogen functional groups attached to an aromatic ring is 1. The Morgan fingerprint density at radius 2 is 1.29 bits per heavy atom. The van der Waals surface area contributed by atoms with Crippen molar-refractivity contribution in [2.75, 3.05) is 5.73 Å². The van der Waals surface area contributed by atoms with Crippen molar-refractivity contribution in [2.45, 2.75) is 0 Å². The fraction of sp³-hybridized carbons (Fsp3) is 0. The van der Waals surface area contributed by atoms with E-state index in [0.29, 0.717) is 0 Å². The summed E-state index contributed by atoms with van der Waals surface area (Å²) in [6.07, 6.45) is 0. The third-order valence-corrected chi connectivity index (χ3v) is 4.46. The SMILES string of the molecule is Nc1nc(-c2ccc(Br)cc2)cc(-c2ccc3ccccc3c2)n1. The minimum atomic E-state index is 0.276. The lowest BCUT2D eigenvalue weighted by Gasteiger charge is -2.08. The van der Waals surface area contributed by atoms with Crippen LogP contribution in [0.4, 0.5) is 5.95 Å². The van der Waals surface area contributed by atoms with Gasteiger partial charge in [-0.3, -0.25) is 0 Å². The number of hydrogen-bond donors (Lipinski definition) is 1. The van der Waals surface area contributed by atoms with Gasteiger partial charge >= 0.3 is 0 Å². The quantitative estimate of drug-likeness (QED) is 0.516. The summed E-state index contributed by atoms with van der Waals surface area (Å²) in [7, 11) is 0. The summed E-state index contributed by atoms with van der Waals surface area (Å²) in [4.78, 5) is 8.78. The smallest absolute Gasteiger partial charge is 0.221 e. The molecule has 3 nitrogen and oxygen atoms in total. The van der Waals surface area contributed by atoms with Gasteiger partial charge in [-0.05, 0) is 35.0 Å². The number of hydrogen-bond acceptors (Lipinski definition) is 3. The molecule has 0 aliphatic rings. The van der Waals surface area contributed by atoms with Gasteiger partial charge in [-0.15, -0.1) is 0 Å². The number of aromatic nitrogens is 2. The van der Waals surface area contributed by atoms with E-state index in [9.17, 15) is 0 Å². The van der Waals surface area contributed by atoms with Crippen LogP contribution in [0, 0.1) is 0 Å². The lowest BCUT2D eigenvalue weighted by Crippen LogP contribution is -1.98. The van der Waals surface area contributed by atoms with Crippen LogP contribution in [-0.4, -0.2) is 9.97 Å². The second-order valence-electron chi connectivity index (χ2n) is 5.57. The van der Waals surface area contributed by atoms with E-state index in [1.807, 2.05) is 42.5 Å². The van der Waals surface area contributed by atoms with Crippen molar-refractivity contribution in [3.8, 4) is 22.5 Å². The van der Waals surface area contributed by atoms with Gasteiger partial charge in [0.05, 0.1) is 11.4 Å². The maximum atomic E-state index is 5.95. The number of benzene rings is 3. The third kappa shape index (κ3) is 2.88. The molecule has 0 saturated carbocycles.